The summed E-state index contributed by atoms with van der Waals surface area (Å²) in [5.74, 6) is 0.759. The van der Waals surface area contributed by atoms with Gasteiger partial charge in [0.05, 0.1) is 0 Å². The second-order valence-corrected chi connectivity index (χ2v) is 4.82. The monoisotopic (exact) mass is 266 g/mol. The fraction of sp³-hybridized carbons (Fsp3) is 0.667. The molecular formula is C12H19FN6. The molecule has 2 aliphatic heterocycles. The van der Waals surface area contributed by atoms with Crippen LogP contribution in [0.4, 0.5) is 16.2 Å². The summed E-state index contributed by atoms with van der Waals surface area (Å²) < 4.78 is 13.7. The van der Waals surface area contributed by atoms with Crippen LogP contribution in [-0.4, -0.2) is 62.3 Å². The van der Waals surface area contributed by atoms with Crippen LogP contribution in [0.25, 0.3) is 0 Å². The number of hydrogen-bond donors (Lipinski definition) is 2. The van der Waals surface area contributed by atoms with Gasteiger partial charge in [0.25, 0.3) is 0 Å². The fourth-order valence-corrected chi connectivity index (χ4v) is 2.46. The number of nitrogens with zero attached hydrogens (tertiary/aromatic N) is 4. The molecule has 1 aromatic heterocycles. The van der Waals surface area contributed by atoms with Gasteiger partial charge in [-0.1, -0.05) is 0 Å². The van der Waals surface area contributed by atoms with E-state index in [1.54, 1.807) is 0 Å². The van der Waals surface area contributed by atoms with E-state index in [0.29, 0.717) is 11.8 Å². The van der Waals surface area contributed by atoms with Crippen molar-refractivity contribution in [2.45, 2.75) is 0 Å². The maximum absolute atomic E-state index is 13.7. The number of anilines is 2. The molecule has 0 aliphatic carbocycles. The van der Waals surface area contributed by atoms with Crippen molar-refractivity contribution >= 4 is 11.8 Å². The zero-order chi connectivity index (χ0) is 13.1. The second kappa shape index (κ2) is 5.66. The van der Waals surface area contributed by atoms with Crippen LogP contribution < -0.4 is 20.4 Å². The zero-order valence-electron chi connectivity index (χ0n) is 10.9. The van der Waals surface area contributed by atoms with Gasteiger partial charge < -0.3 is 20.4 Å². The largest absolute Gasteiger partial charge is 0.354 e. The summed E-state index contributed by atoms with van der Waals surface area (Å²) in [6, 6.07) is 1.43. The highest BCUT2D eigenvalue weighted by atomic mass is 19.1. The van der Waals surface area contributed by atoms with Gasteiger partial charge in [-0.15, -0.1) is 0 Å². The average Bonchev–Trinajstić information content (AvgIpc) is 2.48. The zero-order valence-corrected chi connectivity index (χ0v) is 10.9. The molecule has 104 valence electrons. The summed E-state index contributed by atoms with van der Waals surface area (Å²) >= 11 is 0. The third-order valence-corrected chi connectivity index (χ3v) is 3.51. The molecule has 0 amide bonds. The van der Waals surface area contributed by atoms with E-state index in [0.717, 1.165) is 52.4 Å². The maximum atomic E-state index is 13.7. The summed E-state index contributed by atoms with van der Waals surface area (Å²) in [4.78, 5) is 12.6. The molecule has 0 spiro atoms. The lowest BCUT2D eigenvalue weighted by Crippen LogP contribution is -2.45. The van der Waals surface area contributed by atoms with Gasteiger partial charge in [0.2, 0.25) is 11.9 Å². The highest BCUT2D eigenvalue weighted by molar-refractivity contribution is 5.44. The standard InChI is InChI=1S/C12H19FN6/c13-10-9-11(18-5-1-14-2-6-18)17-12(16-10)19-7-3-15-4-8-19/h9,14-15H,1-8H2. The SMILES string of the molecule is Fc1cc(N2CCNCC2)nc(N2CCNCC2)n1. The van der Waals surface area contributed by atoms with Gasteiger partial charge in [0, 0.05) is 58.4 Å². The molecule has 2 saturated heterocycles. The van der Waals surface area contributed by atoms with E-state index in [9.17, 15) is 4.39 Å². The fourth-order valence-electron chi connectivity index (χ4n) is 2.46. The van der Waals surface area contributed by atoms with E-state index >= 15 is 0 Å². The van der Waals surface area contributed by atoms with Crippen molar-refractivity contribution in [3.05, 3.63) is 12.0 Å². The molecule has 7 heteroatoms. The van der Waals surface area contributed by atoms with Gasteiger partial charge in [-0.3, -0.25) is 0 Å². The van der Waals surface area contributed by atoms with Crippen molar-refractivity contribution in [3.8, 4) is 0 Å². The van der Waals surface area contributed by atoms with Crippen LogP contribution in [0.15, 0.2) is 6.07 Å². The summed E-state index contributed by atoms with van der Waals surface area (Å²) in [7, 11) is 0. The molecule has 2 aliphatic rings. The molecule has 0 radical (unpaired) electrons. The Hall–Kier alpha value is -1.47. The Morgan fingerprint density at radius 3 is 2.11 bits per heavy atom. The quantitative estimate of drug-likeness (QED) is 0.700. The summed E-state index contributed by atoms with van der Waals surface area (Å²) in [5, 5.41) is 6.55. The first-order valence-corrected chi connectivity index (χ1v) is 6.79. The lowest BCUT2D eigenvalue weighted by atomic mass is 10.3. The third kappa shape index (κ3) is 2.93. The predicted molar refractivity (Wildman–Crippen MR) is 72.2 cm³/mol. The smallest absolute Gasteiger partial charge is 0.230 e. The number of rotatable bonds is 2. The first-order chi connectivity index (χ1) is 9.33. The molecule has 2 N–H and O–H groups in total. The Labute approximate surface area is 112 Å². The van der Waals surface area contributed by atoms with E-state index in [1.165, 1.54) is 6.07 Å². The number of halogens is 1. The van der Waals surface area contributed by atoms with Gasteiger partial charge in [0.1, 0.15) is 5.82 Å². The van der Waals surface area contributed by atoms with E-state index in [2.05, 4.69) is 25.5 Å². The Kier molecular flexibility index (Phi) is 3.74. The summed E-state index contributed by atoms with van der Waals surface area (Å²) in [5.41, 5.74) is 0. The van der Waals surface area contributed by atoms with Crippen LogP contribution in [0.3, 0.4) is 0 Å². The molecule has 0 bridgehead atoms. The van der Waals surface area contributed by atoms with Crippen LogP contribution >= 0.6 is 0 Å². The van der Waals surface area contributed by atoms with Gasteiger partial charge >= 0.3 is 0 Å². The minimum Gasteiger partial charge on any atom is -0.354 e. The molecule has 2 fully saturated rings. The normalized spacial score (nSPS) is 20.7. The van der Waals surface area contributed by atoms with E-state index < -0.39 is 5.95 Å². The van der Waals surface area contributed by atoms with Crippen molar-refractivity contribution in [1.29, 1.82) is 0 Å². The minimum absolute atomic E-state index is 0.447. The second-order valence-electron chi connectivity index (χ2n) is 4.82. The van der Waals surface area contributed by atoms with Crippen molar-refractivity contribution in [2.75, 3.05) is 62.2 Å². The number of piperazine rings is 2. The third-order valence-electron chi connectivity index (χ3n) is 3.51. The Morgan fingerprint density at radius 2 is 1.47 bits per heavy atom. The number of aromatic nitrogens is 2. The molecule has 6 nitrogen and oxygen atoms in total. The molecule has 3 rings (SSSR count). The summed E-state index contributed by atoms with van der Waals surface area (Å²) in [6.45, 7) is 6.97. The molecule has 3 heterocycles. The van der Waals surface area contributed by atoms with Gasteiger partial charge in [-0.2, -0.15) is 14.4 Å². The Morgan fingerprint density at radius 1 is 0.895 bits per heavy atom. The molecule has 0 aromatic carbocycles. The van der Waals surface area contributed by atoms with Crippen LogP contribution in [0.5, 0.6) is 0 Å². The Bertz CT molecular complexity index is 392. The summed E-state index contributed by atoms with van der Waals surface area (Å²) in [6.07, 6.45) is 0. The first kappa shape index (κ1) is 12.6. The predicted octanol–water partition coefficient (Wildman–Crippen LogP) is -0.565. The number of hydrogen-bond acceptors (Lipinski definition) is 6. The maximum Gasteiger partial charge on any atom is 0.230 e. The van der Waals surface area contributed by atoms with Crippen LogP contribution in [-0.2, 0) is 0 Å². The van der Waals surface area contributed by atoms with E-state index in [-0.39, 0.29) is 0 Å². The lowest BCUT2D eigenvalue weighted by molar-refractivity contribution is 0.545. The molecule has 1 aromatic rings. The molecule has 0 unspecified atom stereocenters. The van der Waals surface area contributed by atoms with Crippen molar-refractivity contribution < 1.29 is 4.39 Å². The number of nitrogens with one attached hydrogen (secondary N) is 2. The Balaban J connectivity index is 1.82. The molecule has 19 heavy (non-hydrogen) atoms. The van der Waals surface area contributed by atoms with Gasteiger partial charge in [0.15, 0.2) is 0 Å². The minimum atomic E-state index is -0.447. The van der Waals surface area contributed by atoms with Crippen molar-refractivity contribution in [2.24, 2.45) is 0 Å². The van der Waals surface area contributed by atoms with Crippen LogP contribution in [0.2, 0.25) is 0 Å². The van der Waals surface area contributed by atoms with E-state index in [1.807, 2.05) is 4.90 Å². The van der Waals surface area contributed by atoms with Gasteiger partial charge in [-0.05, 0) is 0 Å². The first-order valence-electron chi connectivity index (χ1n) is 6.79. The lowest BCUT2D eigenvalue weighted by Gasteiger charge is -2.31. The highest BCUT2D eigenvalue weighted by Crippen LogP contribution is 2.17. The molecule has 0 atom stereocenters. The van der Waals surface area contributed by atoms with E-state index in [4.69, 9.17) is 0 Å². The van der Waals surface area contributed by atoms with Crippen LogP contribution in [0.1, 0.15) is 0 Å². The molecular weight excluding hydrogens is 247 g/mol. The topological polar surface area (TPSA) is 56.3 Å². The average molecular weight is 266 g/mol. The molecule has 0 saturated carbocycles. The van der Waals surface area contributed by atoms with Crippen LogP contribution in [0, 0.1) is 5.95 Å². The highest BCUT2D eigenvalue weighted by Gasteiger charge is 2.18. The van der Waals surface area contributed by atoms with Crippen molar-refractivity contribution in [1.82, 2.24) is 20.6 Å². The van der Waals surface area contributed by atoms with Crippen molar-refractivity contribution in [3.63, 3.8) is 0 Å². The van der Waals surface area contributed by atoms with Gasteiger partial charge in [-0.25, -0.2) is 0 Å².